The number of nitrogens with zero attached hydrogens (tertiary/aromatic N) is 3. The predicted molar refractivity (Wildman–Crippen MR) is 143 cm³/mol. The number of carbonyl (C=O) groups excluding carboxylic acids is 1. The molecule has 1 spiro atoms. The van der Waals surface area contributed by atoms with E-state index in [-0.39, 0.29) is 18.3 Å². The van der Waals surface area contributed by atoms with Gasteiger partial charge in [-0.25, -0.2) is 9.78 Å². The average Bonchev–Trinajstić information content (AvgIpc) is 3.09. The minimum Gasteiger partial charge on any atom is -0.468 e. The van der Waals surface area contributed by atoms with E-state index in [9.17, 15) is 4.79 Å². The van der Waals surface area contributed by atoms with Gasteiger partial charge in [-0.1, -0.05) is 24.3 Å². The molecule has 2 aromatic carbocycles. The van der Waals surface area contributed by atoms with E-state index in [1.807, 2.05) is 37.8 Å². The molecular formula is C28H34BrN3O4. The summed E-state index contributed by atoms with van der Waals surface area (Å²) in [7, 11) is 1.62. The van der Waals surface area contributed by atoms with Crippen molar-refractivity contribution in [2.45, 2.75) is 58.6 Å². The summed E-state index contributed by atoms with van der Waals surface area (Å²) in [4.78, 5) is 19.2. The van der Waals surface area contributed by atoms with Gasteiger partial charge in [0.25, 0.3) is 0 Å². The summed E-state index contributed by atoms with van der Waals surface area (Å²) >= 11 is 3.78. The molecule has 1 saturated heterocycles. The average molecular weight is 557 g/mol. The molecule has 0 unspecified atom stereocenters. The Hall–Kier alpha value is -2.58. The van der Waals surface area contributed by atoms with Crippen LogP contribution in [0.15, 0.2) is 41.0 Å². The second kappa shape index (κ2) is 9.38. The van der Waals surface area contributed by atoms with Gasteiger partial charge in [-0.3, -0.25) is 0 Å². The van der Waals surface area contributed by atoms with Crippen LogP contribution >= 0.6 is 15.9 Å². The number of likely N-dealkylation sites (tertiary alicyclic amines) is 1. The molecule has 192 valence electrons. The third-order valence-corrected chi connectivity index (χ3v) is 7.69. The summed E-state index contributed by atoms with van der Waals surface area (Å²) < 4.78 is 19.7. The second-order valence-corrected chi connectivity index (χ2v) is 11.8. The van der Waals surface area contributed by atoms with E-state index in [1.54, 1.807) is 7.11 Å². The van der Waals surface area contributed by atoms with Crippen LogP contribution in [0.25, 0.3) is 22.0 Å². The minimum absolute atomic E-state index is 0.194. The SMILES string of the molecule is CCn1c(C2CC3(C2)CN(C(=O)OC(C)(C)C)C3)nc(Br)c1-c1cc(OCOC)cc2ccccc12. The Morgan fingerprint density at radius 2 is 1.92 bits per heavy atom. The summed E-state index contributed by atoms with van der Waals surface area (Å²) in [6.07, 6.45) is 1.86. The molecule has 1 saturated carbocycles. The number of fused-ring (bicyclic) bond motifs is 1. The van der Waals surface area contributed by atoms with Gasteiger partial charge in [-0.15, -0.1) is 0 Å². The number of hydrogen-bond acceptors (Lipinski definition) is 5. The lowest BCUT2D eigenvalue weighted by molar-refractivity contribution is -0.0801. The first-order valence-corrected chi connectivity index (χ1v) is 13.3. The van der Waals surface area contributed by atoms with Gasteiger partial charge in [0.2, 0.25) is 0 Å². The molecule has 1 aliphatic carbocycles. The lowest BCUT2D eigenvalue weighted by atomic mass is 9.57. The van der Waals surface area contributed by atoms with Crippen molar-refractivity contribution in [1.82, 2.24) is 14.5 Å². The fraction of sp³-hybridized carbons (Fsp3) is 0.500. The van der Waals surface area contributed by atoms with Crippen LogP contribution in [-0.4, -0.2) is 53.1 Å². The maximum absolute atomic E-state index is 12.4. The molecule has 0 N–H and O–H groups in total. The zero-order chi connectivity index (χ0) is 25.7. The van der Waals surface area contributed by atoms with Crippen LogP contribution in [0, 0.1) is 5.41 Å². The van der Waals surface area contributed by atoms with E-state index >= 15 is 0 Å². The molecule has 7 nitrogen and oxygen atoms in total. The minimum atomic E-state index is -0.466. The molecule has 0 radical (unpaired) electrons. The Balaban J connectivity index is 1.40. The number of ether oxygens (including phenoxy) is 3. The van der Waals surface area contributed by atoms with Crippen LogP contribution < -0.4 is 4.74 Å². The molecule has 1 amide bonds. The first-order chi connectivity index (χ1) is 17.1. The van der Waals surface area contributed by atoms with Crippen molar-refractivity contribution in [1.29, 1.82) is 0 Å². The Bertz CT molecular complexity index is 1280. The molecule has 3 aromatic rings. The van der Waals surface area contributed by atoms with E-state index in [0.29, 0.717) is 5.92 Å². The predicted octanol–water partition coefficient (Wildman–Crippen LogP) is 6.58. The number of halogens is 1. The number of hydrogen-bond donors (Lipinski definition) is 0. The molecule has 0 atom stereocenters. The highest BCUT2D eigenvalue weighted by Gasteiger charge is 2.55. The summed E-state index contributed by atoms with van der Waals surface area (Å²) in [5, 5.41) is 2.26. The third kappa shape index (κ3) is 4.61. The molecule has 0 bridgehead atoms. The number of amides is 1. The van der Waals surface area contributed by atoms with Crippen LogP contribution in [0.3, 0.4) is 0 Å². The number of imidazole rings is 1. The fourth-order valence-electron chi connectivity index (χ4n) is 5.66. The third-order valence-electron chi connectivity index (χ3n) is 7.13. The van der Waals surface area contributed by atoms with Gasteiger partial charge in [0.15, 0.2) is 6.79 Å². The van der Waals surface area contributed by atoms with Crippen LogP contribution in [0.5, 0.6) is 5.75 Å². The molecular weight excluding hydrogens is 522 g/mol. The lowest BCUT2D eigenvalue weighted by Gasteiger charge is -2.58. The number of rotatable bonds is 6. The largest absolute Gasteiger partial charge is 0.468 e. The van der Waals surface area contributed by atoms with Crippen molar-refractivity contribution < 1.29 is 19.0 Å². The van der Waals surface area contributed by atoms with Crippen LogP contribution in [0.1, 0.15) is 52.3 Å². The molecule has 1 aromatic heterocycles. The molecule has 2 aliphatic rings. The highest BCUT2D eigenvalue weighted by Crippen LogP contribution is 2.56. The Morgan fingerprint density at radius 3 is 2.58 bits per heavy atom. The van der Waals surface area contributed by atoms with E-state index in [0.717, 1.165) is 70.7 Å². The second-order valence-electron chi connectivity index (χ2n) is 11.0. The normalized spacial score (nSPS) is 17.2. The summed E-state index contributed by atoms with van der Waals surface area (Å²) in [5.41, 5.74) is 1.88. The zero-order valence-corrected chi connectivity index (χ0v) is 23.2. The van der Waals surface area contributed by atoms with Crippen molar-refractivity contribution in [3.63, 3.8) is 0 Å². The van der Waals surface area contributed by atoms with Gasteiger partial charge in [0.05, 0.1) is 5.69 Å². The van der Waals surface area contributed by atoms with Crippen LogP contribution in [0.4, 0.5) is 4.79 Å². The van der Waals surface area contributed by atoms with Gasteiger partial charge in [0.1, 0.15) is 21.8 Å². The van der Waals surface area contributed by atoms with Crippen LogP contribution in [0.2, 0.25) is 0 Å². The van der Waals surface area contributed by atoms with Crippen molar-refractivity contribution >= 4 is 32.8 Å². The Labute approximate surface area is 220 Å². The number of methoxy groups -OCH3 is 1. The highest BCUT2D eigenvalue weighted by atomic mass is 79.9. The molecule has 36 heavy (non-hydrogen) atoms. The standard InChI is InChI=1S/C28H34BrN3O4/c1-6-32-23(22-12-20(35-17-34-5)11-18-9-7-8-10-21(18)22)24(29)30-25(32)19-13-28(14-19)15-31(16-28)26(33)36-27(2,3)4/h7-12,19H,6,13-17H2,1-5H3. The molecule has 1 aliphatic heterocycles. The number of carbonyl (C=O) groups is 1. The maximum atomic E-state index is 12.4. The molecule has 5 rings (SSSR count). The highest BCUT2D eigenvalue weighted by molar-refractivity contribution is 9.10. The summed E-state index contributed by atoms with van der Waals surface area (Å²) in [5.74, 6) is 2.24. The summed E-state index contributed by atoms with van der Waals surface area (Å²) in [6, 6.07) is 12.5. The smallest absolute Gasteiger partial charge is 0.410 e. The quantitative estimate of drug-likeness (QED) is 0.321. The van der Waals surface area contributed by atoms with E-state index in [2.05, 4.69) is 51.7 Å². The van der Waals surface area contributed by atoms with Crippen molar-refractivity contribution in [2.75, 3.05) is 27.0 Å². The molecule has 2 fully saturated rings. The van der Waals surface area contributed by atoms with Gasteiger partial charge >= 0.3 is 6.09 Å². The zero-order valence-electron chi connectivity index (χ0n) is 21.6. The maximum Gasteiger partial charge on any atom is 0.410 e. The molecule has 8 heteroatoms. The van der Waals surface area contributed by atoms with Gasteiger partial charge < -0.3 is 23.7 Å². The van der Waals surface area contributed by atoms with Crippen molar-refractivity contribution in [2.24, 2.45) is 5.41 Å². The Kier molecular flexibility index (Phi) is 6.53. The first kappa shape index (κ1) is 25.1. The van der Waals surface area contributed by atoms with Crippen LogP contribution in [-0.2, 0) is 16.0 Å². The fourth-order valence-corrected chi connectivity index (χ4v) is 6.27. The first-order valence-electron chi connectivity index (χ1n) is 12.5. The van der Waals surface area contributed by atoms with E-state index < -0.39 is 5.60 Å². The topological polar surface area (TPSA) is 65.8 Å². The number of benzene rings is 2. The summed E-state index contributed by atoms with van der Waals surface area (Å²) in [6.45, 7) is 10.4. The van der Waals surface area contributed by atoms with Crippen molar-refractivity contribution in [3.05, 3.63) is 46.8 Å². The molecule has 2 heterocycles. The van der Waals surface area contributed by atoms with Gasteiger partial charge in [-0.2, -0.15) is 0 Å². The van der Waals surface area contributed by atoms with E-state index in [1.165, 1.54) is 0 Å². The monoisotopic (exact) mass is 555 g/mol. The van der Waals surface area contributed by atoms with E-state index in [4.69, 9.17) is 19.2 Å². The Morgan fingerprint density at radius 1 is 1.19 bits per heavy atom. The van der Waals surface area contributed by atoms with Gasteiger partial charge in [-0.05, 0) is 79.4 Å². The van der Waals surface area contributed by atoms with Crippen molar-refractivity contribution in [3.8, 4) is 17.0 Å². The van der Waals surface area contributed by atoms with Gasteiger partial charge in [0, 0.05) is 43.6 Å². The number of aromatic nitrogens is 2. The lowest BCUT2D eigenvalue weighted by Crippen LogP contribution is -2.63.